The van der Waals surface area contributed by atoms with Gasteiger partial charge in [0.2, 0.25) is 0 Å². The molecule has 1 N–H and O–H groups in total. The smallest absolute Gasteiger partial charge is 0.194 e. The van der Waals surface area contributed by atoms with Gasteiger partial charge in [-0.2, -0.15) is 10.2 Å². The van der Waals surface area contributed by atoms with Gasteiger partial charge >= 0.3 is 0 Å². The van der Waals surface area contributed by atoms with Gasteiger partial charge in [0, 0.05) is 0 Å². The van der Waals surface area contributed by atoms with Crippen LogP contribution in [0.2, 0.25) is 0 Å². The summed E-state index contributed by atoms with van der Waals surface area (Å²) in [4.78, 5) is 5.85. The number of hydrogen-bond donors (Lipinski definition) is 1. The fourth-order valence-corrected chi connectivity index (χ4v) is 2.00. The molecule has 4 nitrogen and oxygen atoms in total. The lowest BCUT2D eigenvalue weighted by Gasteiger charge is -2.24. The average Bonchev–Trinajstić information content (AvgIpc) is 2.97. The first kappa shape index (κ1) is 12.6. The van der Waals surface area contributed by atoms with Gasteiger partial charge < -0.3 is 0 Å². The zero-order valence-electron chi connectivity index (χ0n) is 11.2. The van der Waals surface area contributed by atoms with Crippen LogP contribution in [0.15, 0.2) is 64.8 Å². The Morgan fingerprint density at radius 2 is 1.55 bits per heavy atom. The van der Waals surface area contributed by atoms with Crippen molar-refractivity contribution in [1.29, 1.82) is 0 Å². The Kier molecular flexibility index (Phi) is 3.31. The van der Waals surface area contributed by atoms with Crippen LogP contribution in [0.25, 0.3) is 0 Å². The van der Waals surface area contributed by atoms with Gasteiger partial charge in [0.25, 0.3) is 0 Å². The van der Waals surface area contributed by atoms with Crippen LogP contribution in [0.1, 0.15) is 11.1 Å². The molecular formula is C16H15N3O. The van der Waals surface area contributed by atoms with E-state index in [1.54, 1.807) is 12.4 Å². The predicted molar refractivity (Wildman–Crippen MR) is 81.0 cm³/mol. The van der Waals surface area contributed by atoms with Gasteiger partial charge in [-0.1, -0.05) is 48.0 Å². The Morgan fingerprint density at radius 1 is 0.900 bits per heavy atom. The van der Waals surface area contributed by atoms with E-state index < -0.39 is 5.60 Å². The SMILES string of the molecule is Cc1ccc(C2(ONc3ccccc3)C=NN=C2)cc1. The number of nitrogens with zero attached hydrogens (tertiary/aromatic N) is 2. The third-order valence-corrected chi connectivity index (χ3v) is 3.18. The third-order valence-electron chi connectivity index (χ3n) is 3.18. The molecule has 0 aliphatic carbocycles. The molecule has 1 aliphatic rings. The summed E-state index contributed by atoms with van der Waals surface area (Å²) < 4.78 is 0. The minimum Gasteiger partial charge on any atom is -0.265 e. The second-order valence-electron chi connectivity index (χ2n) is 4.72. The summed E-state index contributed by atoms with van der Waals surface area (Å²) in [7, 11) is 0. The first-order chi connectivity index (χ1) is 9.78. The minimum atomic E-state index is -0.760. The van der Waals surface area contributed by atoms with E-state index in [4.69, 9.17) is 4.84 Å². The van der Waals surface area contributed by atoms with Gasteiger partial charge in [0.15, 0.2) is 5.60 Å². The standard InChI is InChI=1S/C16H15N3O/c1-13-7-9-14(10-8-13)16(11-17-18-12-16)20-19-15-5-3-2-4-6-15/h2-12,19H,1H3. The maximum Gasteiger partial charge on any atom is 0.194 e. The van der Waals surface area contributed by atoms with Gasteiger partial charge in [-0.3, -0.25) is 10.3 Å². The molecule has 0 atom stereocenters. The van der Waals surface area contributed by atoms with Crippen molar-refractivity contribution in [1.82, 2.24) is 0 Å². The maximum absolute atomic E-state index is 5.85. The molecule has 0 saturated heterocycles. The number of rotatable bonds is 4. The molecule has 1 heterocycles. The van der Waals surface area contributed by atoms with Gasteiger partial charge in [-0.15, -0.1) is 0 Å². The Bertz CT molecular complexity index is 621. The van der Waals surface area contributed by atoms with Gasteiger partial charge in [0.1, 0.15) is 0 Å². The molecule has 0 amide bonds. The molecular weight excluding hydrogens is 250 g/mol. The van der Waals surface area contributed by atoms with Crippen LogP contribution in [0.3, 0.4) is 0 Å². The number of nitrogens with one attached hydrogen (secondary N) is 1. The zero-order valence-corrected chi connectivity index (χ0v) is 11.2. The fourth-order valence-electron chi connectivity index (χ4n) is 2.00. The second-order valence-corrected chi connectivity index (χ2v) is 4.72. The molecule has 0 spiro atoms. The molecule has 0 fully saturated rings. The molecule has 2 aromatic carbocycles. The normalized spacial score (nSPS) is 15.4. The summed E-state index contributed by atoms with van der Waals surface area (Å²) in [6.45, 7) is 2.05. The molecule has 0 aromatic heterocycles. The molecule has 0 unspecified atom stereocenters. The molecule has 0 saturated carbocycles. The number of hydrogen-bond acceptors (Lipinski definition) is 4. The lowest BCUT2D eigenvalue weighted by molar-refractivity contribution is 0.114. The van der Waals surface area contributed by atoms with Crippen LogP contribution in [-0.4, -0.2) is 12.4 Å². The molecule has 0 radical (unpaired) electrons. The maximum atomic E-state index is 5.85. The second kappa shape index (κ2) is 5.27. The van der Waals surface area contributed by atoms with E-state index in [1.165, 1.54) is 5.56 Å². The van der Waals surface area contributed by atoms with Crippen molar-refractivity contribution >= 4 is 18.1 Å². The zero-order chi connectivity index (χ0) is 13.8. The molecule has 4 heteroatoms. The van der Waals surface area contributed by atoms with Crippen LogP contribution in [0, 0.1) is 6.92 Å². The first-order valence-corrected chi connectivity index (χ1v) is 6.43. The summed E-state index contributed by atoms with van der Waals surface area (Å²) in [5.41, 5.74) is 5.26. The van der Waals surface area contributed by atoms with E-state index in [2.05, 4.69) is 22.6 Å². The quantitative estimate of drug-likeness (QED) is 0.862. The van der Waals surface area contributed by atoms with Gasteiger partial charge in [0.05, 0.1) is 18.1 Å². The van der Waals surface area contributed by atoms with Crippen molar-refractivity contribution in [3.63, 3.8) is 0 Å². The Hall–Kier alpha value is -2.46. The summed E-state index contributed by atoms with van der Waals surface area (Å²) >= 11 is 0. The summed E-state index contributed by atoms with van der Waals surface area (Å²) in [5, 5.41) is 7.85. The largest absolute Gasteiger partial charge is 0.265 e. The van der Waals surface area contributed by atoms with Crippen LogP contribution in [0.5, 0.6) is 0 Å². The predicted octanol–water partition coefficient (Wildman–Crippen LogP) is 3.30. The molecule has 100 valence electrons. The van der Waals surface area contributed by atoms with Crippen LogP contribution >= 0.6 is 0 Å². The van der Waals surface area contributed by atoms with Crippen molar-refractivity contribution in [2.75, 3.05) is 5.48 Å². The number of para-hydroxylation sites is 1. The van der Waals surface area contributed by atoms with Crippen molar-refractivity contribution in [2.45, 2.75) is 12.5 Å². The lowest BCUT2D eigenvalue weighted by atomic mass is 9.96. The molecule has 1 aliphatic heterocycles. The highest BCUT2D eigenvalue weighted by molar-refractivity contribution is 5.97. The topological polar surface area (TPSA) is 46.0 Å². The lowest BCUT2D eigenvalue weighted by Crippen LogP contribution is -2.33. The van der Waals surface area contributed by atoms with Crippen LogP contribution in [-0.2, 0) is 10.4 Å². The Labute approximate surface area is 117 Å². The van der Waals surface area contributed by atoms with Crippen molar-refractivity contribution < 1.29 is 4.84 Å². The third kappa shape index (κ3) is 2.46. The first-order valence-electron chi connectivity index (χ1n) is 6.43. The van der Waals surface area contributed by atoms with Crippen molar-refractivity contribution in [3.05, 3.63) is 65.7 Å². The van der Waals surface area contributed by atoms with Gasteiger partial charge in [-0.25, -0.2) is 0 Å². The van der Waals surface area contributed by atoms with E-state index >= 15 is 0 Å². The molecule has 3 rings (SSSR count). The Morgan fingerprint density at radius 3 is 2.20 bits per heavy atom. The minimum absolute atomic E-state index is 0.760. The number of benzene rings is 2. The summed E-state index contributed by atoms with van der Waals surface area (Å²) in [6, 6.07) is 17.8. The highest BCUT2D eigenvalue weighted by atomic mass is 16.7. The van der Waals surface area contributed by atoms with E-state index in [9.17, 15) is 0 Å². The number of anilines is 1. The molecule has 0 bridgehead atoms. The van der Waals surface area contributed by atoms with E-state index in [1.807, 2.05) is 54.6 Å². The number of aryl methyl sites for hydroxylation is 1. The van der Waals surface area contributed by atoms with E-state index in [0.29, 0.717) is 0 Å². The molecule has 2 aromatic rings. The van der Waals surface area contributed by atoms with Gasteiger partial charge in [-0.05, 0) is 24.6 Å². The summed E-state index contributed by atoms with van der Waals surface area (Å²) in [6.07, 6.45) is 3.38. The average molecular weight is 265 g/mol. The van der Waals surface area contributed by atoms with Crippen LogP contribution < -0.4 is 5.48 Å². The fraction of sp³-hybridized carbons (Fsp3) is 0.125. The molecule has 20 heavy (non-hydrogen) atoms. The summed E-state index contributed by atoms with van der Waals surface area (Å²) in [5.74, 6) is 0. The van der Waals surface area contributed by atoms with E-state index in [0.717, 1.165) is 11.3 Å². The van der Waals surface area contributed by atoms with Crippen molar-refractivity contribution in [2.24, 2.45) is 10.2 Å². The van der Waals surface area contributed by atoms with Crippen LogP contribution in [0.4, 0.5) is 5.69 Å². The highest BCUT2D eigenvalue weighted by Gasteiger charge is 2.33. The highest BCUT2D eigenvalue weighted by Crippen LogP contribution is 2.26. The van der Waals surface area contributed by atoms with E-state index in [-0.39, 0.29) is 0 Å². The Balaban J connectivity index is 1.84. The monoisotopic (exact) mass is 265 g/mol. The van der Waals surface area contributed by atoms with Crippen molar-refractivity contribution in [3.8, 4) is 0 Å².